The predicted molar refractivity (Wildman–Crippen MR) is 111 cm³/mol. The molecule has 0 saturated carbocycles. The number of fused-ring (bicyclic) bond motifs is 1. The number of benzene rings is 1. The van der Waals surface area contributed by atoms with Gasteiger partial charge in [-0.05, 0) is 35.6 Å². The van der Waals surface area contributed by atoms with Crippen molar-refractivity contribution in [2.24, 2.45) is 0 Å². The fourth-order valence-corrected chi connectivity index (χ4v) is 2.78. The standard InChI is InChI=1S/C18H23NS.C2H6.CH4O/c1-3-16(14-20)9-8-15(2)12-19-11-10-17-6-4-5-7-18(17)13-19;2*1-2/h3-9,20H,2,10-14H2,1H3;1-2H3;2H,1H3/b9-8-,16-3+;;. The Labute approximate surface area is 154 Å². The maximum atomic E-state index is 7.00. The highest BCUT2D eigenvalue weighted by molar-refractivity contribution is 7.80. The van der Waals surface area contributed by atoms with Crippen LogP contribution in [0.3, 0.4) is 0 Å². The van der Waals surface area contributed by atoms with Crippen molar-refractivity contribution in [3.05, 3.63) is 71.3 Å². The monoisotopic (exact) mass is 347 g/mol. The Morgan fingerprint density at radius 3 is 2.42 bits per heavy atom. The first-order valence-electron chi connectivity index (χ1n) is 8.58. The summed E-state index contributed by atoms with van der Waals surface area (Å²) in [5.74, 6) is 0.775. The van der Waals surface area contributed by atoms with Crippen molar-refractivity contribution in [3.63, 3.8) is 0 Å². The van der Waals surface area contributed by atoms with Crippen molar-refractivity contribution in [1.82, 2.24) is 4.90 Å². The minimum absolute atomic E-state index is 0.775. The van der Waals surface area contributed by atoms with Gasteiger partial charge in [0.15, 0.2) is 0 Å². The third-order valence-electron chi connectivity index (χ3n) is 3.72. The molecule has 0 aromatic heterocycles. The fraction of sp³-hybridized carbons (Fsp3) is 0.429. The zero-order valence-corrected chi connectivity index (χ0v) is 16.5. The fourth-order valence-electron chi connectivity index (χ4n) is 2.49. The molecule has 1 aliphatic heterocycles. The Morgan fingerprint density at radius 1 is 1.21 bits per heavy atom. The van der Waals surface area contributed by atoms with Crippen LogP contribution >= 0.6 is 12.6 Å². The highest BCUT2D eigenvalue weighted by atomic mass is 32.1. The van der Waals surface area contributed by atoms with Crippen LogP contribution in [0.2, 0.25) is 0 Å². The molecule has 134 valence electrons. The number of hydrogen-bond acceptors (Lipinski definition) is 3. The maximum Gasteiger partial charge on any atom is 0.0319 e. The summed E-state index contributed by atoms with van der Waals surface area (Å²) in [4.78, 5) is 2.46. The van der Waals surface area contributed by atoms with Gasteiger partial charge in [0, 0.05) is 32.5 Å². The van der Waals surface area contributed by atoms with Gasteiger partial charge in [-0.15, -0.1) is 0 Å². The van der Waals surface area contributed by atoms with Crippen molar-refractivity contribution in [2.75, 3.05) is 26.0 Å². The van der Waals surface area contributed by atoms with Gasteiger partial charge in [0.2, 0.25) is 0 Å². The van der Waals surface area contributed by atoms with Crippen LogP contribution in [0, 0.1) is 0 Å². The number of hydrogen-bond donors (Lipinski definition) is 2. The largest absolute Gasteiger partial charge is 0.400 e. The van der Waals surface area contributed by atoms with E-state index in [0.717, 1.165) is 44.5 Å². The van der Waals surface area contributed by atoms with E-state index in [2.05, 4.69) is 66.6 Å². The number of aliphatic hydroxyl groups is 1. The summed E-state index contributed by atoms with van der Waals surface area (Å²) < 4.78 is 0. The molecule has 2 rings (SSSR count). The van der Waals surface area contributed by atoms with Crippen LogP contribution < -0.4 is 0 Å². The zero-order valence-electron chi connectivity index (χ0n) is 15.6. The Hall–Kier alpha value is -1.29. The van der Waals surface area contributed by atoms with E-state index in [9.17, 15) is 0 Å². The minimum atomic E-state index is 0.775. The molecule has 1 aromatic carbocycles. The number of thiol groups is 1. The highest BCUT2D eigenvalue weighted by Crippen LogP contribution is 2.19. The van der Waals surface area contributed by atoms with Crippen LogP contribution in [0.25, 0.3) is 0 Å². The Bertz CT molecular complexity index is 534. The molecule has 0 bridgehead atoms. The van der Waals surface area contributed by atoms with Crippen molar-refractivity contribution in [3.8, 4) is 0 Å². The lowest BCUT2D eigenvalue weighted by Crippen LogP contribution is -2.31. The molecule has 1 aliphatic rings. The van der Waals surface area contributed by atoms with Gasteiger partial charge in [0.25, 0.3) is 0 Å². The van der Waals surface area contributed by atoms with Gasteiger partial charge >= 0.3 is 0 Å². The van der Waals surface area contributed by atoms with Crippen molar-refractivity contribution in [1.29, 1.82) is 0 Å². The maximum absolute atomic E-state index is 7.00. The summed E-state index contributed by atoms with van der Waals surface area (Å²) in [7, 11) is 1.00. The average molecular weight is 348 g/mol. The number of aliphatic hydroxyl groups excluding tert-OH is 1. The SMILES string of the molecule is C=C(/C=C\C(=C/C)CS)CN1CCc2ccccc2C1.CC.CO. The van der Waals surface area contributed by atoms with Crippen LogP contribution in [0.5, 0.6) is 0 Å². The van der Waals surface area contributed by atoms with Gasteiger partial charge in [0.1, 0.15) is 0 Å². The molecule has 0 unspecified atom stereocenters. The first-order chi connectivity index (χ1) is 11.7. The van der Waals surface area contributed by atoms with Gasteiger partial charge < -0.3 is 5.11 Å². The summed E-state index contributed by atoms with van der Waals surface area (Å²) in [5, 5.41) is 7.00. The predicted octanol–water partition coefficient (Wildman–Crippen LogP) is 4.67. The van der Waals surface area contributed by atoms with E-state index >= 15 is 0 Å². The molecular weight excluding hydrogens is 314 g/mol. The van der Waals surface area contributed by atoms with E-state index in [1.807, 2.05) is 20.8 Å². The smallest absolute Gasteiger partial charge is 0.0319 e. The summed E-state index contributed by atoms with van der Waals surface area (Å²) in [6.45, 7) is 13.3. The van der Waals surface area contributed by atoms with E-state index < -0.39 is 0 Å². The second-order valence-corrected chi connectivity index (χ2v) is 5.56. The molecule has 24 heavy (non-hydrogen) atoms. The Morgan fingerprint density at radius 2 is 1.83 bits per heavy atom. The molecule has 2 nitrogen and oxygen atoms in total. The summed E-state index contributed by atoms with van der Waals surface area (Å²) in [5.41, 5.74) is 5.35. The summed E-state index contributed by atoms with van der Waals surface area (Å²) >= 11 is 4.30. The Kier molecular flexibility index (Phi) is 13.3. The second-order valence-electron chi connectivity index (χ2n) is 5.24. The molecule has 0 aliphatic carbocycles. The molecule has 0 spiro atoms. The second kappa shape index (κ2) is 14.1. The lowest BCUT2D eigenvalue weighted by Gasteiger charge is -2.28. The molecule has 1 N–H and O–H groups in total. The average Bonchev–Trinajstić information content (AvgIpc) is 2.66. The van der Waals surface area contributed by atoms with Crippen molar-refractivity contribution in [2.45, 2.75) is 33.7 Å². The normalized spacial score (nSPS) is 14.2. The van der Waals surface area contributed by atoms with Crippen LogP contribution in [0.15, 0.2) is 60.2 Å². The Balaban J connectivity index is 0.00000123. The summed E-state index contributed by atoms with van der Waals surface area (Å²) in [6, 6.07) is 8.74. The van der Waals surface area contributed by atoms with Crippen LogP contribution in [-0.2, 0) is 13.0 Å². The number of nitrogens with zero attached hydrogens (tertiary/aromatic N) is 1. The summed E-state index contributed by atoms with van der Waals surface area (Å²) in [6.07, 6.45) is 7.47. The van der Waals surface area contributed by atoms with Crippen molar-refractivity contribution < 1.29 is 5.11 Å². The molecule has 0 saturated heterocycles. The molecule has 0 atom stereocenters. The molecule has 3 heteroatoms. The molecule has 0 fully saturated rings. The number of allylic oxidation sites excluding steroid dienone is 2. The van der Waals surface area contributed by atoms with Crippen LogP contribution in [-0.4, -0.2) is 36.0 Å². The van der Waals surface area contributed by atoms with Gasteiger partial charge in [0.05, 0.1) is 0 Å². The first kappa shape index (κ1) is 22.7. The van der Waals surface area contributed by atoms with Gasteiger partial charge in [-0.2, -0.15) is 12.6 Å². The van der Waals surface area contributed by atoms with Gasteiger partial charge in [-0.1, -0.05) is 62.9 Å². The first-order valence-corrected chi connectivity index (χ1v) is 9.22. The lowest BCUT2D eigenvalue weighted by atomic mass is 9.99. The van der Waals surface area contributed by atoms with E-state index in [0.29, 0.717) is 0 Å². The quantitative estimate of drug-likeness (QED) is 0.597. The van der Waals surface area contributed by atoms with Crippen molar-refractivity contribution >= 4 is 12.6 Å². The van der Waals surface area contributed by atoms with Gasteiger partial charge in [-0.3, -0.25) is 4.90 Å². The van der Waals surface area contributed by atoms with E-state index in [1.165, 1.54) is 16.7 Å². The molecule has 1 heterocycles. The topological polar surface area (TPSA) is 23.5 Å². The van der Waals surface area contributed by atoms with Gasteiger partial charge in [-0.25, -0.2) is 0 Å². The van der Waals surface area contributed by atoms with E-state index in [4.69, 9.17) is 5.11 Å². The molecule has 1 aromatic rings. The third-order valence-corrected chi connectivity index (χ3v) is 4.09. The van der Waals surface area contributed by atoms with Crippen LogP contribution in [0.1, 0.15) is 31.9 Å². The third kappa shape index (κ3) is 8.00. The highest BCUT2D eigenvalue weighted by Gasteiger charge is 2.15. The van der Waals surface area contributed by atoms with Crippen LogP contribution in [0.4, 0.5) is 0 Å². The number of rotatable bonds is 5. The molecule has 0 radical (unpaired) electrons. The lowest BCUT2D eigenvalue weighted by molar-refractivity contribution is 0.278. The zero-order chi connectivity index (χ0) is 18.4. The molecule has 0 amide bonds. The minimum Gasteiger partial charge on any atom is -0.400 e. The van der Waals surface area contributed by atoms with E-state index in [1.54, 1.807) is 0 Å². The molecular formula is C21H33NOS. The van der Waals surface area contributed by atoms with E-state index in [-0.39, 0.29) is 0 Å².